The van der Waals surface area contributed by atoms with Crippen molar-refractivity contribution in [3.8, 4) is 0 Å². The van der Waals surface area contributed by atoms with Gasteiger partial charge in [-0.2, -0.15) is 0 Å². The second kappa shape index (κ2) is 4.84. The molecule has 2 fully saturated rings. The van der Waals surface area contributed by atoms with Crippen LogP contribution in [0.25, 0.3) is 0 Å². The second-order valence-corrected chi connectivity index (χ2v) is 5.79. The van der Waals surface area contributed by atoms with Gasteiger partial charge in [-0.05, 0) is 67.6 Å². The molecule has 0 radical (unpaired) electrons. The van der Waals surface area contributed by atoms with Crippen LogP contribution in [0, 0.1) is 17.7 Å². The van der Waals surface area contributed by atoms with Gasteiger partial charge in [0, 0.05) is 11.7 Å². The minimum Gasteiger partial charge on any atom is -0.359 e. The fourth-order valence-corrected chi connectivity index (χ4v) is 3.56. The fraction of sp³-hybridized carbons (Fsp3) is 0.500. The highest BCUT2D eigenvalue weighted by molar-refractivity contribution is 7.80. The first kappa shape index (κ1) is 11.9. The Morgan fingerprint density at radius 2 is 1.94 bits per heavy atom. The minimum atomic E-state index is -0.229. The Labute approximate surface area is 112 Å². The van der Waals surface area contributed by atoms with Crippen molar-refractivity contribution in [2.45, 2.75) is 31.7 Å². The Morgan fingerprint density at radius 3 is 2.56 bits per heavy atom. The average molecular weight is 264 g/mol. The van der Waals surface area contributed by atoms with E-state index in [1.807, 2.05) is 0 Å². The summed E-state index contributed by atoms with van der Waals surface area (Å²) in [4.78, 5) is 0. The van der Waals surface area contributed by atoms with Crippen molar-refractivity contribution in [1.29, 1.82) is 0 Å². The summed E-state index contributed by atoms with van der Waals surface area (Å²) in [6.07, 6.45) is 5.33. The van der Waals surface area contributed by atoms with Crippen molar-refractivity contribution in [2.24, 2.45) is 11.8 Å². The van der Waals surface area contributed by atoms with Gasteiger partial charge in [0.05, 0.1) is 0 Å². The Balaban J connectivity index is 1.54. The van der Waals surface area contributed by atoms with Crippen molar-refractivity contribution in [3.63, 3.8) is 0 Å². The summed E-state index contributed by atoms with van der Waals surface area (Å²) < 4.78 is 12.8. The summed E-state index contributed by atoms with van der Waals surface area (Å²) in [5.74, 6) is 1.47. The van der Waals surface area contributed by atoms with Gasteiger partial charge in [0.1, 0.15) is 5.82 Å². The van der Waals surface area contributed by atoms with Gasteiger partial charge in [0.25, 0.3) is 0 Å². The largest absolute Gasteiger partial charge is 0.359 e. The maximum Gasteiger partial charge on any atom is 0.171 e. The van der Waals surface area contributed by atoms with E-state index in [1.54, 1.807) is 12.1 Å². The molecule has 0 spiro atoms. The topological polar surface area (TPSA) is 24.1 Å². The molecule has 0 unspecified atom stereocenters. The molecule has 3 rings (SSSR count). The van der Waals surface area contributed by atoms with E-state index in [0.717, 1.165) is 17.5 Å². The van der Waals surface area contributed by atoms with Gasteiger partial charge < -0.3 is 10.6 Å². The Kier molecular flexibility index (Phi) is 3.20. The number of hydrogen-bond acceptors (Lipinski definition) is 1. The molecule has 1 aromatic carbocycles. The lowest BCUT2D eigenvalue weighted by Gasteiger charge is -2.24. The van der Waals surface area contributed by atoms with E-state index in [1.165, 1.54) is 37.8 Å². The van der Waals surface area contributed by atoms with E-state index in [0.29, 0.717) is 11.2 Å². The third-order valence-corrected chi connectivity index (χ3v) is 4.38. The standard InChI is InChI=1S/C14H17FN2S/c15-11-3-5-12(6-4-11)16-14(18)17-13-8-9-1-2-10(13)7-9/h3-6,9-10,13H,1-2,7-8H2,(H2,16,17,18)/t9-,10+,13+/m0/s1. The predicted molar refractivity (Wildman–Crippen MR) is 75.0 cm³/mol. The number of fused-ring (bicyclic) bond motifs is 2. The van der Waals surface area contributed by atoms with E-state index in [4.69, 9.17) is 12.2 Å². The number of nitrogens with one attached hydrogen (secondary N) is 2. The lowest BCUT2D eigenvalue weighted by molar-refractivity contribution is 0.392. The first-order chi connectivity index (χ1) is 8.70. The Bertz CT molecular complexity index is 446. The smallest absolute Gasteiger partial charge is 0.171 e. The van der Waals surface area contributed by atoms with Gasteiger partial charge in [0.15, 0.2) is 5.11 Å². The highest BCUT2D eigenvalue weighted by Crippen LogP contribution is 2.44. The molecule has 2 saturated carbocycles. The van der Waals surface area contributed by atoms with Crippen LogP contribution in [0.15, 0.2) is 24.3 Å². The van der Waals surface area contributed by atoms with Crippen molar-refractivity contribution in [3.05, 3.63) is 30.1 Å². The zero-order valence-electron chi connectivity index (χ0n) is 10.2. The molecule has 3 atom stereocenters. The summed E-state index contributed by atoms with van der Waals surface area (Å²) in [6, 6.07) is 6.79. The quantitative estimate of drug-likeness (QED) is 0.801. The molecule has 1 aromatic rings. The van der Waals surface area contributed by atoms with E-state index in [-0.39, 0.29) is 5.82 Å². The van der Waals surface area contributed by atoms with E-state index >= 15 is 0 Å². The normalized spacial score (nSPS) is 29.3. The van der Waals surface area contributed by atoms with Crippen LogP contribution < -0.4 is 10.6 Å². The molecule has 0 saturated heterocycles. The maximum absolute atomic E-state index is 12.8. The number of benzene rings is 1. The van der Waals surface area contributed by atoms with E-state index < -0.39 is 0 Å². The van der Waals surface area contributed by atoms with Gasteiger partial charge in [-0.25, -0.2) is 4.39 Å². The van der Waals surface area contributed by atoms with Crippen LogP contribution in [-0.2, 0) is 0 Å². The number of thiocarbonyl (C=S) groups is 1. The van der Waals surface area contributed by atoms with Gasteiger partial charge in [0.2, 0.25) is 0 Å². The van der Waals surface area contributed by atoms with Crippen LogP contribution in [-0.4, -0.2) is 11.2 Å². The molecule has 2 aliphatic carbocycles. The number of halogens is 1. The van der Waals surface area contributed by atoms with E-state index in [2.05, 4.69) is 10.6 Å². The third-order valence-electron chi connectivity index (χ3n) is 4.16. The zero-order chi connectivity index (χ0) is 12.5. The minimum absolute atomic E-state index is 0.229. The predicted octanol–water partition coefficient (Wildman–Crippen LogP) is 3.30. The lowest BCUT2D eigenvalue weighted by atomic mass is 9.96. The lowest BCUT2D eigenvalue weighted by Crippen LogP contribution is -2.40. The number of anilines is 1. The molecule has 0 aliphatic heterocycles. The molecule has 2 nitrogen and oxygen atoms in total. The third kappa shape index (κ3) is 2.48. The number of rotatable bonds is 2. The van der Waals surface area contributed by atoms with Crippen molar-refractivity contribution < 1.29 is 4.39 Å². The highest BCUT2D eigenvalue weighted by atomic mass is 32.1. The van der Waals surface area contributed by atoms with Crippen LogP contribution >= 0.6 is 12.2 Å². The molecule has 0 amide bonds. The van der Waals surface area contributed by atoms with Crippen LogP contribution in [0.4, 0.5) is 10.1 Å². The maximum atomic E-state index is 12.8. The van der Waals surface area contributed by atoms with Crippen molar-refractivity contribution in [2.75, 3.05) is 5.32 Å². The van der Waals surface area contributed by atoms with Gasteiger partial charge in [-0.15, -0.1) is 0 Å². The van der Waals surface area contributed by atoms with Crippen LogP contribution in [0.1, 0.15) is 25.7 Å². The molecular formula is C14H17FN2S. The average Bonchev–Trinajstić information content (AvgIpc) is 2.94. The summed E-state index contributed by atoms with van der Waals surface area (Å²) in [7, 11) is 0. The highest BCUT2D eigenvalue weighted by Gasteiger charge is 2.39. The molecular weight excluding hydrogens is 247 g/mol. The first-order valence-electron chi connectivity index (χ1n) is 6.54. The molecule has 18 heavy (non-hydrogen) atoms. The van der Waals surface area contributed by atoms with E-state index in [9.17, 15) is 4.39 Å². The van der Waals surface area contributed by atoms with Crippen molar-refractivity contribution in [1.82, 2.24) is 5.32 Å². The number of hydrogen-bond donors (Lipinski definition) is 2. The van der Waals surface area contributed by atoms with Crippen LogP contribution in [0.5, 0.6) is 0 Å². The summed E-state index contributed by atoms with van der Waals surface area (Å²) in [5, 5.41) is 7.16. The van der Waals surface area contributed by atoms with Crippen LogP contribution in [0.3, 0.4) is 0 Å². The Hall–Kier alpha value is -1.16. The fourth-order valence-electron chi connectivity index (χ4n) is 3.29. The summed E-state index contributed by atoms with van der Waals surface area (Å²) in [5.41, 5.74) is 0.831. The molecule has 0 heterocycles. The summed E-state index contributed by atoms with van der Waals surface area (Å²) >= 11 is 5.31. The SMILES string of the molecule is Fc1ccc(NC(=S)N[C@@H]2C[C@H]3CC[C@@H]2C3)cc1. The molecule has 0 aromatic heterocycles. The van der Waals surface area contributed by atoms with Gasteiger partial charge in [-0.3, -0.25) is 0 Å². The van der Waals surface area contributed by atoms with Crippen LogP contribution in [0.2, 0.25) is 0 Å². The zero-order valence-corrected chi connectivity index (χ0v) is 11.0. The molecule has 2 bridgehead atoms. The van der Waals surface area contributed by atoms with Crippen molar-refractivity contribution >= 4 is 23.0 Å². The van der Waals surface area contributed by atoms with Gasteiger partial charge in [-0.1, -0.05) is 6.42 Å². The van der Waals surface area contributed by atoms with Gasteiger partial charge >= 0.3 is 0 Å². The Morgan fingerprint density at radius 1 is 1.17 bits per heavy atom. The second-order valence-electron chi connectivity index (χ2n) is 5.39. The molecule has 2 aliphatic rings. The molecule has 2 N–H and O–H groups in total. The first-order valence-corrected chi connectivity index (χ1v) is 6.94. The molecule has 96 valence electrons. The summed E-state index contributed by atoms with van der Waals surface area (Å²) in [6.45, 7) is 0. The monoisotopic (exact) mass is 264 g/mol. The molecule has 4 heteroatoms.